The molecule has 0 bridgehead atoms. The number of amides is 2. The molecule has 186 valence electrons. The number of rotatable bonds is 10. The molecule has 1 aliphatic rings. The van der Waals surface area contributed by atoms with E-state index in [9.17, 15) is 9.59 Å². The van der Waals surface area contributed by atoms with Crippen LogP contribution in [0.5, 0.6) is 5.75 Å². The molecule has 2 aromatic heterocycles. The predicted octanol–water partition coefficient (Wildman–Crippen LogP) is 2.79. The second kappa shape index (κ2) is 10.9. The van der Waals surface area contributed by atoms with E-state index in [4.69, 9.17) is 4.74 Å². The minimum atomic E-state index is -0.392. The second-order valence-corrected chi connectivity index (χ2v) is 9.61. The molecule has 2 N–H and O–H groups in total. The van der Waals surface area contributed by atoms with Crippen molar-refractivity contribution >= 4 is 46.1 Å². The maximum Gasteiger partial charge on any atom is 0.227 e. The smallest absolute Gasteiger partial charge is 0.227 e. The topological polar surface area (TPSA) is 114 Å². The zero-order valence-electron chi connectivity index (χ0n) is 20.4. The summed E-state index contributed by atoms with van der Waals surface area (Å²) in [5.74, 6) is 1.38. The second-order valence-electron chi connectivity index (χ2n) is 8.83. The number of ether oxygens (including phenoxy) is 1. The van der Waals surface area contributed by atoms with Crippen molar-refractivity contribution < 1.29 is 14.3 Å². The third-order valence-electron chi connectivity index (χ3n) is 5.84. The number of nitrogens with zero attached hydrogens (tertiary/aromatic N) is 5. The van der Waals surface area contributed by atoms with E-state index in [1.807, 2.05) is 18.4 Å². The average molecular weight is 498 g/mol. The van der Waals surface area contributed by atoms with Gasteiger partial charge in [0.15, 0.2) is 10.8 Å². The molecule has 0 saturated carbocycles. The van der Waals surface area contributed by atoms with Gasteiger partial charge in [0.2, 0.25) is 11.8 Å². The van der Waals surface area contributed by atoms with Crippen LogP contribution in [0, 0.1) is 11.8 Å². The standard InChI is InChI=1S/C24H31N7O3S/c1-15(2)12-26-21-19-13-27-31(22(19)29-24(28-21)35-4)10-9-25-23(33)16-11-20(32)30(14-16)17-5-7-18(34-3)8-6-17/h5-8,13,15-16H,9-12,14H2,1-4H3,(H,25,33)(H,26,28,29). The van der Waals surface area contributed by atoms with Gasteiger partial charge in [-0.3, -0.25) is 9.59 Å². The molecule has 3 heterocycles. The molecule has 0 radical (unpaired) electrons. The van der Waals surface area contributed by atoms with E-state index >= 15 is 0 Å². The van der Waals surface area contributed by atoms with Gasteiger partial charge in [0.25, 0.3) is 0 Å². The highest BCUT2D eigenvalue weighted by atomic mass is 32.2. The van der Waals surface area contributed by atoms with Gasteiger partial charge < -0.3 is 20.3 Å². The number of hydrogen-bond acceptors (Lipinski definition) is 8. The van der Waals surface area contributed by atoms with Crippen LogP contribution in [0.25, 0.3) is 11.0 Å². The SMILES string of the molecule is COc1ccc(N2CC(C(=O)NCCn3ncc4c(NCC(C)C)nc(SC)nc43)CC2=O)cc1. The Morgan fingerprint density at radius 1 is 1.26 bits per heavy atom. The maximum absolute atomic E-state index is 12.8. The molecule has 1 unspecified atom stereocenters. The Bertz CT molecular complexity index is 1200. The van der Waals surface area contributed by atoms with Gasteiger partial charge in [-0.1, -0.05) is 25.6 Å². The molecule has 10 nitrogen and oxygen atoms in total. The Morgan fingerprint density at radius 2 is 2.03 bits per heavy atom. The summed E-state index contributed by atoms with van der Waals surface area (Å²) in [4.78, 5) is 36.2. The Hall–Kier alpha value is -3.34. The zero-order chi connectivity index (χ0) is 24.9. The number of fused-ring (bicyclic) bond motifs is 1. The van der Waals surface area contributed by atoms with Crippen LogP contribution >= 0.6 is 11.8 Å². The number of aromatic nitrogens is 4. The van der Waals surface area contributed by atoms with Crippen LogP contribution in [0.15, 0.2) is 35.6 Å². The maximum atomic E-state index is 12.8. The minimum Gasteiger partial charge on any atom is -0.497 e. The largest absolute Gasteiger partial charge is 0.497 e. The summed E-state index contributed by atoms with van der Waals surface area (Å²) in [7, 11) is 1.60. The number of anilines is 2. The quantitative estimate of drug-likeness (QED) is 0.325. The summed E-state index contributed by atoms with van der Waals surface area (Å²) in [5, 5.41) is 12.3. The normalized spacial score (nSPS) is 15.7. The summed E-state index contributed by atoms with van der Waals surface area (Å²) in [6, 6.07) is 7.27. The van der Waals surface area contributed by atoms with Crippen LogP contribution in [0.2, 0.25) is 0 Å². The van der Waals surface area contributed by atoms with Gasteiger partial charge >= 0.3 is 0 Å². The molecule has 4 rings (SSSR count). The fraction of sp³-hybridized carbons (Fsp3) is 0.458. The molecule has 2 amide bonds. The average Bonchev–Trinajstić information content (AvgIpc) is 3.46. The molecule has 0 aliphatic carbocycles. The van der Waals surface area contributed by atoms with E-state index < -0.39 is 5.92 Å². The van der Waals surface area contributed by atoms with Crippen molar-refractivity contribution in [1.29, 1.82) is 0 Å². The molecule has 0 spiro atoms. The van der Waals surface area contributed by atoms with Gasteiger partial charge in [-0.25, -0.2) is 14.6 Å². The van der Waals surface area contributed by atoms with Crippen LogP contribution in [0.4, 0.5) is 11.5 Å². The molecule has 1 fully saturated rings. The van der Waals surface area contributed by atoms with Gasteiger partial charge in [0, 0.05) is 31.7 Å². The van der Waals surface area contributed by atoms with Crippen LogP contribution in [0.1, 0.15) is 20.3 Å². The van der Waals surface area contributed by atoms with E-state index in [1.165, 1.54) is 11.8 Å². The Kier molecular flexibility index (Phi) is 7.74. The van der Waals surface area contributed by atoms with Crippen molar-refractivity contribution in [3.8, 4) is 5.75 Å². The summed E-state index contributed by atoms with van der Waals surface area (Å²) in [6.45, 7) is 6.29. The van der Waals surface area contributed by atoms with Gasteiger partial charge in [-0.05, 0) is 36.4 Å². The number of carbonyl (C=O) groups is 2. The highest BCUT2D eigenvalue weighted by molar-refractivity contribution is 7.98. The molecule has 1 aromatic carbocycles. The lowest BCUT2D eigenvalue weighted by molar-refractivity contribution is -0.126. The molecule has 1 atom stereocenters. The van der Waals surface area contributed by atoms with Crippen LogP contribution in [-0.2, 0) is 16.1 Å². The van der Waals surface area contributed by atoms with Gasteiger partial charge in [0.05, 0.1) is 31.2 Å². The number of methoxy groups -OCH3 is 1. The summed E-state index contributed by atoms with van der Waals surface area (Å²) < 4.78 is 6.95. The van der Waals surface area contributed by atoms with Crippen molar-refractivity contribution in [2.75, 3.05) is 43.2 Å². The lowest BCUT2D eigenvalue weighted by atomic mass is 10.1. The fourth-order valence-electron chi connectivity index (χ4n) is 3.95. The van der Waals surface area contributed by atoms with Crippen molar-refractivity contribution in [2.24, 2.45) is 11.8 Å². The van der Waals surface area contributed by atoms with E-state index in [2.05, 4.69) is 39.5 Å². The van der Waals surface area contributed by atoms with E-state index in [0.29, 0.717) is 30.7 Å². The van der Waals surface area contributed by atoms with E-state index in [-0.39, 0.29) is 18.2 Å². The summed E-state index contributed by atoms with van der Waals surface area (Å²) in [6.07, 6.45) is 3.89. The zero-order valence-corrected chi connectivity index (χ0v) is 21.3. The predicted molar refractivity (Wildman–Crippen MR) is 137 cm³/mol. The molecule has 3 aromatic rings. The molecular formula is C24H31N7O3S. The Labute approximate surface area is 208 Å². The van der Waals surface area contributed by atoms with Crippen LogP contribution in [0.3, 0.4) is 0 Å². The van der Waals surface area contributed by atoms with Crippen LogP contribution < -0.4 is 20.3 Å². The number of carbonyl (C=O) groups excluding carboxylic acids is 2. The number of benzene rings is 1. The Balaban J connectivity index is 1.37. The first-order chi connectivity index (χ1) is 16.9. The number of hydrogen-bond donors (Lipinski definition) is 2. The van der Waals surface area contributed by atoms with Crippen molar-refractivity contribution in [2.45, 2.75) is 32.0 Å². The van der Waals surface area contributed by atoms with Crippen molar-refractivity contribution in [3.63, 3.8) is 0 Å². The third-order valence-corrected chi connectivity index (χ3v) is 6.39. The lowest BCUT2D eigenvalue weighted by Crippen LogP contribution is -2.35. The van der Waals surface area contributed by atoms with Gasteiger partial charge in [-0.2, -0.15) is 5.10 Å². The van der Waals surface area contributed by atoms with Crippen LogP contribution in [-0.4, -0.2) is 64.6 Å². The van der Waals surface area contributed by atoms with Crippen molar-refractivity contribution in [3.05, 3.63) is 30.5 Å². The first-order valence-electron chi connectivity index (χ1n) is 11.6. The monoisotopic (exact) mass is 497 g/mol. The molecule has 1 saturated heterocycles. The van der Waals surface area contributed by atoms with E-state index in [0.717, 1.165) is 34.8 Å². The first kappa shape index (κ1) is 24.8. The molecule has 35 heavy (non-hydrogen) atoms. The highest BCUT2D eigenvalue weighted by Gasteiger charge is 2.35. The van der Waals surface area contributed by atoms with Crippen molar-refractivity contribution in [1.82, 2.24) is 25.1 Å². The fourth-order valence-corrected chi connectivity index (χ4v) is 4.31. The first-order valence-corrected chi connectivity index (χ1v) is 12.9. The minimum absolute atomic E-state index is 0.0592. The Morgan fingerprint density at radius 3 is 2.71 bits per heavy atom. The number of thioether (sulfide) groups is 1. The summed E-state index contributed by atoms with van der Waals surface area (Å²) >= 11 is 1.47. The lowest BCUT2D eigenvalue weighted by Gasteiger charge is -2.17. The summed E-state index contributed by atoms with van der Waals surface area (Å²) in [5.41, 5.74) is 1.49. The van der Waals surface area contributed by atoms with Gasteiger partial charge in [-0.15, -0.1) is 0 Å². The van der Waals surface area contributed by atoms with Gasteiger partial charge in [0.1, 0.15) is 11.6 Å². The van der Waals surface area contributed by atoms with E-state index in [1.54, 1.807) is 35.0 Å². The molecular weight excluding hydrogens is 466 g/mol. The molecule has 1 aliphatic heterocycles. The third kappa shape index (κ3) is 5.67. The number of nitrogens with one attached hydrogen (secondary N) is 2. The molecule has 11 heteroatoms. The highest BCUT2D eigenvalue weighted by Crippen LogP contribution is 2.27.